The quantitative estimate of drug-likeness (QED) is 0.650. The maximum absolute atomic E-state index is 13.1. The average Bonchev–Trinajstić information content (AvgIpc) is 3.19. The summed E-state index contributed by atoms with van der Waals surface area (Å²) in [7, 11) is 1.54. The van der Waals surface area contributed by atoms with Crippen LogP contribution in [0.5, 0.6) is 0 Å². The summed E-state index contributed by atoms with van der Waals surface area (Å²) in [6.07, 6.45) is -2.65. The molecule has 1 aliphatic carbocycles. The Balaban J connectivity index is 1.78. The summed E-state index contributed by atoms with van der Waals surface area (Å²) in [4.78, 5) is 4.36. The molecule has 2 aromatic heterocycles. The Morgan fingerprint density at radius 1 is 1.21 bits per heavy atom. The number of aromatic nitrogens is 5. The molecule has 0 bridgehead atoms. The lowest BCUT2D eigenvalue weighted by molar-refractivity contribution is -0.137. The fourth-order valence-electron chi connectivity index (χ4n) is 2.82. The first-order valence-corrected chi connectivity index (χ1v) is 8.73. The van der Waals surface area contributed by atoms with Gasteiger partial charge in [0.15, 0.2) is 5.69 Å². The van der Waals surface area contributed by atoms with Gasteiger partial charge in [0.2, 0.25) is 5.82 Å². The van der Waals surface area contributed by atoms with Gasteiger partial charge in [-0.2, -0.15) is 18.2 Å². The smallest absolute Gasteiger partial charge is 0.371 e. The number of benzene rings is 1. The third kappa shape index (κ3) is 3.28. The number of hydrogen-bond acceptors (Lipinski definition) is 6. The number of ether oxygens (including phenoxy) is 1. The normalized spacial score (nSPS) is 15.2. The van der Waals surface area contributed by atoms with Gasteiger partial charge < -0.3 is 9.26 Å². The van der Waals surface area contributed by atoms with Crippen molar-refractivity contribution in [2.45, 2.75) is 44.4 Å². The average molecular weight is 393 g/mol. The molecule has 0 spiro atoms. The first-order chi connectivity index (χ1) is 13.2. The van der Waals surface area contributed by atoms with Crippen LogP contribution < -0.4 is 0 Å². The van der Waals surface area contributed by atoms with E-state index in [1.165, 1.54) is 17.9 Å². The Labute approximate surface area is 158 Å². The van der Waals surface area contributed by atoms with Gasteiger partial charge in [-0.25, -0.2) is 4.68 Å². The molecule has 0 atom stereocenters. The minimum absolute atomic E-state index is 0.130. The van der Waals surface area contributed by atoms with Gasteiger partial charge in [-0.05, 0) is 44.9 Å². The molecular formula is C18H18F3N5O2. The van der Waals surface area contributed by atoms with Gasteiger partial charge in [0.05, 0.1) is 16.9 Å². The van der Waals surface area contributed by atoms with Crippen molar-refractivity contribution in [2.75, 3.05) is 7.11 Å². The molecule has 0 saturated heterocycles. The highest BCUT2D eigenvalue weighted by atomic mass is 19.4. The number of halogens is 3. The summed E-state index contributed by atoms with van der Waals surface area (Å²) < 4.78 is 51.4. The first-order valence-electron chi connectivity index (χ1n) is 8.73. The molecule has 4 rings (SSSR count). The Morgan fingerprint density at radius 3 is 2.61 bits per heavy atom. The predicted molar refractivity (Wildman–Crippen MR) is 91.7 cm³/mol. The van der Waals surface area contributed by atoms with Gasteiger partial charge in [-0.3, -0.25) is 0 Å². The summed E-state index contributed by atoms with van der Waals surface area (Å²) in [5, 5.41) is 12.2. The number of nitrogens with zero attached hydrogens (tertiary/aromatic N) is 5. The molecule has 0 aliphatic heterocycles. The van der Waals surface area contributed by atoms with Gasteiger partial charge in [0, 0.05) is 13.0 Å². The zero-order valence-corrected chi connectivity index (χ0v) is 15.5. The standard InChI is InChI=1S/C18H18F3N5O2/c1-17(2,27-3)16-22-15(28-24-16)13-14(10-7-8-10)26(25-23-13)12-6-4-5-11(9-12)18(19,20)21/h4-6,9-10H,7-8H2,1-3H3. The third-order valence-electron chi connectivity index (χ3n) is 4.76. The van der Waals surface area contributed by atoms with Crippen molar-refractivity contribution >= 4 is 0 Å². The lowest BCUT2D eigenvalue weighted by Crippen LogP contribution is -2.21. The third-order valence-corrected chi connectivity index (χ3v) is 4.76. The molecule has 10 heteroatoms. The molecule has 1 fully saturated rings. The number of rotatable bonds is 5. The number of alkyl halides is 3. The largest absolute Gasteiger partial charge is 0.416 e. The van der Waals surface area contributed by atoms with Gasteiger partial charge >= 0.3 is 6.18 Å². The highest BCUT2D eigenvalue weighted by molar-refractivity contribution is 5.55. The molecule has 1 saturated carbocycles. The second-order valence-corrected chi connectivity index (χ2v) is 7.20. The van der Waals surface area contributed by atoms with E-state index in [1.807, 2.05) is 0 Å². The molecule has 0 amide bonds. The molecule has 0 radical (unpaired) electrons. The SMILES string of the molecule is COC(C)(C)c1noc(-c2nnn(-c3cccc(C(F)(F)F)c3)c2C2CC2)n1. The van der Waals surface area contributed by atoms with Crippen LogP contribution in [0.2, 0.25) is 0 Å². The van der Waals surface area contributed by atoms with Crippen molar-refractivity contribution in [3.05, 3.63) is 41.3 Å². The molecule has 148 valence electrons. The Kier molecular flexibility index (Phi) is 4.25. The second kappa shape index (κ2) is 6.40. The van der Waals surface area contributed by atoms with Crippen LogP contribution >= 0.6 is 0 Å². The molecule has 28 heavy (non-hydrogen) atoms. The van der Waals surface area contributed by atoms with Crippen LogP contribution in [0.4, 0.5) is 13.2 Å². The number of hydrogen-bond donors (Lipinski definition) is 0. The minimum atomic E-state index is -4.44. The van der Waals surface area contributed by atoms with E-state index in [1.54, 1.807) is 19.9 Å². The summed E-state index contributed by atoms with van der Waals surface area (Å²) >= 11 is 0. The maximum atomic E-state index is 13.1. The van der Waals surface area contributed by atoms with E-state index in [0.29, 0.717) is 17.2 Å². The lowest BCUT2D eigenvalue weighted by atomic mass is 10.1. The first kappa shape index (κ1) is 18.6. The van der Waals surface area contributed by atoms with E-state index in [0.717, 1.165) is 25.0 Å². The van der Waals surface area contributed by atoms with Gasteiger partial charge in [0.25, 0.3) is 5.89 Å². The van der Waals surface area contributed by atoms with Crippen molar-refractivity contribution in [2.24, 2.45) is 0 Å². The summed E-state index contributed by atoms with van der Waals surface area (Å²) in [6, 6.07) is 4.99. The van der Waals surface area contributed by atoms with Crippen LogP contribution in [-0.2, 0) is 16.5 Å². The van der Waals surface area contributed by atoms with Crippen molar-refractivity contribution in [3.63, 3.8) is 0 Å². The fourth-order valence-corrected chi connectivity index (χ4v) is 2.82. The minimum Gasteiger partial charge on any atom is -0.371 e. The van der Waals surface area contributed by atoms with Crippen LogP contribution in [0.3, 0.4) is 0 Å². The molecule has 1 aromatic carbocycles. The summed E-state index contributed by atoms with van der Waals surface area (Å²) in [6.45, 7) is 3.59. The zero-order valence-electron chi connectivity index (χ0n) is 15.5. The van der Waals surface area contributed by atoms with Crippen molar-refractivity contribution in [3.8, 4) is 17.3 Å². The van der Waals surface area contributed by atoms with Gasteiger partial charge in [-0.1, -0.05) is 16.4 Å². The van der Waals surface area contributed by atoms with Crippen LogP contribution in [0, 0.1) is 0 Å². The van der Waals surface area contributed by atoms with Crippen LogP contribution in [0.25, 0.3) is 17.3 Å². The number of methoxy groups -OCH3 is 1. The van der Waals surface area contributed by atoms with Crippen molar-refractivity contribution in [1.29, 1.82) is 0 Å². The predicted octanol–water partition coefficient (Wildman–Crippen LogP) is 4.10. The van der Waals surface area contributed by atoms with Crippen LogP contribution in [0.1, 0.15) is 49.7 Å². The van der Waals surface area contributed by atoms with Crippen molar-refractivity contribution < 1.29 is 22.4 Å². The lowest BCUT2D eigenvalue weighted by Gasteiger charge is -2.17. The Morgan fingerprint density at radius 2 is 1.96 bits per heavy atom. The van der Waals surface area contributed by atoms with E-state index in [2.05, 4.69) is 20.5 Å². The van der Waals surface area contributed by atoms with E-state index in [-0.39, 0.29) is 17.5 Å². The topological polar surface area (TPSA) is 78.9 Å². The molecule has 0 unspecified atom stereocenters. The van der Waals surface area contributed by atoms with Crippen molar-refractivity contribution in [1.82, 2.24) is 25.1 Å². The maximum Gasteiger partial charge on any atom is 0.416 e. The van der Waals surface area contributed by atoms with E-state index in [9.17, 15) is 13.2 Å². The van der Waals surface area contributed by atoms with E-state index >= 15 is 0 Å². The summed E-state index contributed by atoms with van der Waals surface area (Å²) in [5.74, 6) is 0.644. The van der Waals surface area contributed by atoms with Crippen LogP contribution in [-0.4, -0.2) is 32.2 Å². The summed E-state index contributed by atoms with van der Waals surface area (Å²) in [5.41, 5.74) is -0.160. The van der Waals surface area contributed by atoms with Gasteiger partial charge in [-0.15, -0.1) is 5.10 Å². The second-order valence-electron chi connectivity index (χ2n) is 7.20. The Hall–Kier alpha value is -2.75. The molecule has 0 N–H and O–H groups in total. The monoisotopic (exact) mass is 393 g/mol. The van der Waals surface area contributed by atoms with E-state index in [4.69, 9.17) is 9.26 Å². The molecule has 2 heterocycles. The highest BCUT2D eigenvalue weighted by Gasteiger charge is 2.36. The molecule has 1 aliphatic rings. The van der Waals surface area contributed by atoms with Gasteiger partial charge in [0.1, 0.15) is 5.60 Å². The molecule has 7 nitrogen and oxygen atoms in total. The van der Waals surface area contributed by atoms with E-state index < -0.39 is 17.3 Å². The Bertz CT molecular complexity index is 1000. The zero-order chi connectivity index (χ0) is 20.1. The molecule has 3 aromatic rings. The van der Waals surface area contributed by atoms with Crippen LogP contribution in [0.15, 0.2) is 28.8 Å². The molecular weight excluding hydrogens is 375 g/mol. The fraction of sp³-hybridized carbons (Fsp3) is 0.444. The highest BCUT2D eigenvalue weighted by Crippen LogP contribution is 2.44.